The number of carbonyl (C=O) groups is 1. The Bertz CT molecular complexity index is 808. The fourth-order valence-corrected chi connectivity index (χ4v) is 4.53. The van der Waals surface area contributed by atoms with Gasteiger partial charge in [-0.3, -0.25) is 4.79 Å². The molecule has 2 aromatic carbocycles. The molecule has 0 radical (unpaired) electrons. The normalized spacial score (nSPS) is 20.6. The van der Waals surface area contributed by atoms with Gasteiger partial charge in [-0.15, -0.1) is 0 Å². The molecule has 0 heterocycles. The highest BCUT2D eigenvalue weighted by Gasteiger charge is 2.52. The first-order valence-corrected chi connectivity index (χ1v) is 8.92. The molecule has 114 valence electrons. The van der Waals surface area contributed by atoms with Gasteiger partial charge in [-0.05, 0) is 37.6 Å². The van der Waals surface area contributed by atoms with E-state index in [1.807, 2.05) is 19.1 Å². The monoisotopic (exact) mass is 334 g/mol. The summed E-state index contributed by atoms with van der Waals surface area (Å²) >= 11 is 5.78. The highest BCUT2D eigenvalue weighted by molar-refractivity contribution is 7.92. The summed E-state index contributed by atoms with van der Waals surface area (Å²) in [7, 11) is -3.47. The topological polar surface area (TPSA) is 51.2 Å². The predicted molar refractivity (Wildman–Crippen MR) is 86.0 cm³/mol. The summed E-state index contributed by atoms with van der Waals surface area (Å²) in [6.07, 6.45) is 0.387. The van der Waals surface area contributed by atoms with Gasteiger partial charge in [0.05, 0.1) is 10.1 Å². The van der Waals surface area contributed by atoms with Gasteiger partial charge in [-0.2, -0.15) is 0 Å². The van der Waals surface area contributed by atoms with Gasteiger partial charge in [-0.1, -0.05) is 41.4 Å². The second kappa shape index (κ2) is 5.52. The summed E-state index contributed by atoms with van der Waals surface area (Å²) in [6.45, 7) is 1.94. The number of hydrogen-bond acceptors (Lipinski definition) is 3. The Morgan fingerprint density at radius 3 is 2.23 bits per heavy atom. The molecule has 0 bridgehead atoms. The van der Waals surface area contributed by atoms with Crippen molar-refractivity contribution in [1.29, 1.82) is 0 Å². The van der Waals surface area contributed by atoms with Crippen LogP contribution >= 0.6 is 11.6 Å². The van der Waals surface area contributed by atoms with E-state index in [1.165, 1.54) is 12.1 Å². The lowest BCUT2D eigenvalue weighted by molar-refractivity contribution is 0.0968. The van der Waals surface area contributed by atoms with Crippen molar-refractivity contribution < 1.29 is 13.2 Å². The van der Waals surface area contributed by atoms with E-state index in [1.54, 1.807) is 24.3 Å². The molecule has 0 saturated heterocycles. The Morgan fingerprint density at radius 2 is 1.64 bits per heavy atom. The van der Waals surface area contributed by atoms with Gasteiger partial charge in [0.25, 0.3) is 0 Å². The van der Waals surface area contributed by atoms with Gasteiger partial charge in [0, 0.05) is 16.5 Å². The Hall–Kier alpha value is -1.65. The maximum Gasteiger partial charge on any atom is 0.181 e. The first kappa shape index (κ1) is 15.3. The van der Waals surface area contributed by atoms with Crippen LogP contribution in [0.2, 0.25) is 5.02 Å². The van der Waals surface area contributed by atoms with Crippen LogP contribution in [-0.4, -0.2) is 19.5 Å². The Balaban J connectivity index is 1.80. The number of aryl methyl sites for hydroxylation is 1. The van der Waals surface area contributed by atoms with Crippen LogP contribution in [0.3, 0.4) is 0 Å². The van der Waals surface area contributed by atoms with Crippen LogP contribution in [0.1, 0.15) is 22.3 Å². The smallest absolute Gasteiger partial charge is 0.181 e. The zero-order chi connectivity index (χ0) is 15.9. The lowest BCUT2D eigenvalue weighted by atomic mass is 10.1. The summed E-state index contributed by atoms with van der Waals surface area (Å²) in [6, 6.07) is 13.3. The minimum Gasteiger partial charge on any atom is -0.294 e. The average Bonchev–Trinajstić information content (AvgIpc) is 3.29. The van der Waals surface area contributed by atoms with Crippen LogP contribution < -0.4 is 0 Å². The number of rotatable bonds is 4. The minimum atomic E-state index is -3.47. The quantitative estimate of drug-likeness (QED) is 0.801. The molecule has 1 aliphatic rings. The van der Waals surface area contributed by atoms with Crippen molar-refractivity contribution in [2.75, 3.05) is 0 Å². The van der Waals surface area contributed by atoms with Crippen LogP contribution in [0.15, 0.2) is 53.4 Å². The summed E-state index contributed by atoms with van der Waals surface area (Å²) in [4.78, 5) is 12.6. The zero-order valence-electron chi connectivity index (χ0n) is 12.0. The van der Waals surface area contributed by atoms with Crippen molar-refractivity contribution in [2.45, 2.75) is 23.5 Å². The third kappa shape index (κ3) is 2.81. The highest BCUT2D eigenvalue weighted by atomic mass is 35.5. The highest BCUT2D eigenvalue weighted by Crippen LogP contribution is 2.42. The molecule has 0 unspecified atom stereocenters. The van der Waals surface area contributed by atoms with Crippen LogP contribution in [0.25, 0.3) is 0 Å². The Kier molecular flexibility index (Phi) is 3.83. The number of hydrogen-bond donors (Lipinski definition) is 0. The van der Waals surface area contributed by atoms with Crippen LogP contribution in [0.4, 0.5) is 0 Å². The molecule has 5 heteroatoms. The summed E-state index contributed by atoms with van der Waals surface area (Å²) in [5.74, 6) is -0.536. The number of carbonyl (C=O) groups excluding carboxylic acids is 1. The second-order valence-corrected chi connectivity index (χ2v) is 8.21. The number of benzene rings is 2. The number of ketones is 1. The maximum absolute atomic E-state index is 12.5. The van der Waals surface area contributed by atoms with Crippen molar-refractivity contribution >= 4 is 27.2 Å². The van der Waals surface area contributed by atoms with Gasteiger partial charge in [-0.25, -0.2) is 8.42 Å². The molecule has 0 aromatic heterocycles. The molecule has 2 aromatic rings. The molecule has 1 fully saturated rings. The Labute approximate surface area is 134 Å². The lowest BCUT2D eigenvalue weighted by Crippen LogP contribution is -2.14. The van der Waals surface area contributed by atoms with Gasteiger partial charge >= 0.3 is 0 Å². The van der Waals surface area contributed by atoms with Crippen molar-refractivity contribution in [3.8, 4) is 0 Å². The number of halogens is 1. The van der Waals surface area contributed by atoms with E-state index in [0.29, 0.717) is 17.0 Å². The van der Waals surface area contributed by atoms with Gasteiger partial charge < -0.3 is 0 Å². The van der Waals surface area contributed by atoms with E-state index in [4.69, 9.17) is 11.6 Å². The lowest BCUT2D eigenvalue weighted by Gasteiger charge is -2.04. The third-order valence-corrected chi connectivity index (χ3v) is 6.44. The molecule has 0 spiro atoms. The van der Waals surface area contributed by atoms with Gasteiger partial charge in [0.2, 0.25) is 0 Å². The van der Waals surface area contributed by atoms with Crippen LogP contribution in [0, 0.1) is 12.8 Å². The first-order valence-electron chi connectivity index (χ1n) is 7.00. The van der Waals surface area contributed by atoms with Crippen molar-refractivity contribution in [3.63, 3.8) is 0 Å². The summed E-state index contributed by atoms with van der Waals surface area (Å²) in [5, 5.41) is -0.135. The molecule has 1 aliphatic carbocycles. The third-order valence-electron chi connectivity index (χ3n) is 3.95. The standard InChI is InChI=1S/C17H15ClO3S/c1-11-2-4-12(5-3-11)17(19)15-10-16(15)22(20,21)14-8-6-13(18)7-9-14/h2-9,15-16H,10H2,1H3/t15-,16-/m1/s1. The molecule has 0 N–H and O–H groups in total. The van der Waals surface area contributed by atoms with E-state index >= 15 is 0 Å². The summed E-state index contributed by atoms with van der Waals surface area (Å²) < 4.78 is 25.0. The van der Waals surface area contributed by atoms with E-state index in [-0.39, 0.29) is 10.7 Å². The van der Waals surface area contributed by atoms with Crippen LogP contribution in [0.5, 0.6) is 0 Å². The SMILES string of the molecule is Cc1ccc(C(=O)[C@@H]2C[C@H]2S(=O)(=O)c2ccc(Cl)cc2)cc1. The van der Waals surface area contributed by atoms with Gasteiger partial charge in [0.1, 0.15) is 0 Å². The molecule has 0 amide bonds. The zero-order valence-corrected chi connectivity index (χ0v) is 13.6. The maximum atomic E-state index is 12.5. The van der Waals surface area contributed by atoms with Crippen LogP contribution in [-0.2, 0) is 9.84 Å². The van der Waals surface area contributed by atoms with Crippen molar-refractivity contribution in [1.82, 2.24) is 0 Å². The number of Topliss-reactive ketones (excluding diaryl/α,β-unsaturated/α-hetero) is 1. The summed E-state index contributed by atoms with van der Waals surface area (Å²) in [5.41, 5.74) is 1.64. The molecule has 0 aliphatic heterocycles. The average molecular weight is 335 g/mol. The molecule has 22 heavy (non-hydrogen) atoms. The van der Waals surface area contributed by atoms with Crippen molar-refractivity contribution in [3.05, 3.63) is 64.7 Å². The van der Waals surface area contributed by atoms with E-state index in [2.05, 4.69) is 0 Å². The molecular weight excluding hydrogens is 320 g/mol. The fraction of sp³-hybridized carbons (Fsp3) is 0.235. The first-order chi connectivity index (χ1) is 10.4. The van der Waals surface area contributed by atoms with E-state index in [0.717, 1.165) is 5.56 Å². The largest absolute Gasteiger partial charge is 0.294 e. The molecular formula is C17H15ClO3S. The molecule has 1 saturated carbocycles. The molecule has 2 atom stereocenters. The van der Waals surface area contributed by atoms with E-state index < -0.39 is 21.0 Å². The van der Waals surface area contributed by atoms with Crippen molar-refractivity contribution in [2.24, 2.45) is 5.92 Å². The minimum absolute atomic E-state index is 0.0949. The van der Waals surface area contributed by atoms with E-state index in [9.17, 15) is 13.2 Å². The Morgan fingerprint density at radius 1 is 1.05 bits per heavy atom. The fourth-order valence-electron chi connectivity index (χ4n) is 2.52. The number of sulfone groups is 1. The molecule has 3 rings (SSSR count). The predicted octanol–water partition coefficient (Wildman–Crippen LogP) is 3.69. The second-order valence-electron chi connectivity index (χ2n) is 5.61. The van der Waals surface area contributed by atoms with Gasteiger partial charge in [0.15, 0.2) is 15.6 Å². The molecule has 3 nitrogen and oxygen atoms in total.